The van der Waals surface area contributed by atoms with Gasteiger partial charge in [-0.3, -0.25) is 0 Å². The Bertz CT molecular complexity index is 1400. The number of fused-ring (bicyclic) bond motifs is 1. The van der Waals surface area contributed by atoms with E-state index in [1.54, 1.807) is 12.3 Å². The fraction of sp³-hybridized carbons (Fsp3) is 0.296. The van der Waals surface area contributed by atoms with Crippen LogP contribution < -0.4 is 25.4 Å². The summed E-state index contributed by atoms with van der Waals surface area (Å²) in [4.78, 5) is 12.4. The second-order valence-electron chi connectivity index (χ2n) is 8.94. The average molecular weight is 509 g/mol. The van der Waals surface area contributed by atoms with Crippen LogP contribution >= 0.6 is 0 Å². The van der Waals surface area contributed by atoms with Gasteiger partial charge in [0.15, 0.2) is 23.1 Å². The molecule has 0 saturated carbocycles. The number of hydrogen-bond acceptors (Lipinski definition) is 7. The molecular weight excluding hydrogens is 478 g/mol. The molecule has 0 aliphatic carbocycles. The highest BCUT2D eigenvalue weighted by atomic mass is 19.1. The van der Waals surface area contributed by atoms with Crippen molar-refractivity contribution in [2.75, 3.05) is 62.9 Å². The Labute approximate surface area is 214 Å². The van der Waals surface area contributed by atoms with Crippen LogP contribution in [0.4, 0.5) is 31.7 Å². The van der Waals surface area contributed by atoms with Crippen molar-refractivity contribution in [2.24, 2.45) is 0 Å². The largest absolute Gasteiger partial charge is 0.493 e. The topological polar surface area (TPSA) is 91.7 Å². The number of nitrogen functional groups attached to an aromatic ring is 1. The maximum atomic E-state index is 14.4. The van der Waals surface area contributed by atoms with Crippen molar-refractivity contribution in [1.82, 2.24) is 14.9 Å². The molecule has 0 radical (unpaired) electrons. The first-order chi connectivity index (χ1) is 17.9. The number of rotatable bonds is 7. The molecule has 1 fully saturated rings. The Morgan fingerprint density at radius 1 is 1.00 bits per heavy atom. The van der Waals surface area contributed by atoms with E-state index in [9.17, 15) is 8.78 Å². The van der Waals surface area contributed by atoms with Crippen molar-refractivity contribution < 1.29 is 18.3 Å². The molecule has 4 N–H and O–H groups in total. The minimum absolute atomic E-state index is 0.111. The van der Waals surface area contributed by atoms with Gasteiger partial charge in [0.2, 0.25) is 0 Å². The molecule has 2 aromatic heterocycles. The molecule has 1 aliphatic heterocycles. The first kappa shape index (κ1) is 24.6. The van der Waals surface area contributed by atoms with Gasteiger partial charge >= 0.3 is 0 Å². The molecule has 37 heavy (non-hydrogen) atoms. The molecule has 0 atom stereocenters. The zero-order chi connectivity index (χ0) is 26.1. The number of likely N-dealkylation sites (N-methyl/N-ethyl adjacent to an activating group) is 1. The van der Waals surface area contributed by atoms with Crippen molar-refractivity contribution in [2.45, 2.75) is 6.92 Å². The number of nitrogens with two attached hydrogens (primary N) is 1. The lowest BCUT2D eigenvalue weighted by molar-refractivity contribution is 0.271. The Kier molecular flexibility index (Phi) is 6.75. The van der Waals surface area contributed by atoms with Crippen LogP contribution in [0.15, 0.2) is 42.6 Å². The maximum absolute atomic E-state index is 14.4. The summed E-state index contributed by atoms with van der Waals surface area (Å²) in [7, 11) is 2.65. The van der Waals surface area contributed by atoms with E-state index in [-0.39, 0.29) is 17.1 Å². The molecule has 194 valence electrons. The van der Waals surface area contributed by atoms with E-state index >= 15 is 0 Å². The van der Waals surface area contributed by atoms with E-state index in [1.165, 1.54) is 14.2 Å². The van der Waals surface area contributed by atoms with E-state index < -0.39 is 11.6 Å². The lowest BCUT2D eigenvalue weighted by atomic mass is 10.1. The monoisotopic (exact) mass is 508 g/mol. The third-order valence-electron chi connectivity index (χ3n) is 6.81. The van der Waals surface area contributed by atoms with Gasteiger partial charge in [0.25, 0.3) is 0 Å². The van der Waals surface area contributed by atoms with Crippen LogP contribution in [0.1, 0.15) is 6.92 Å². The minimum Gasteiger partial charge on any atom is -0.493 e. The van der Waals surface area contributed by atoms with Crippen LogP contribution in [0, 0.1) is 11.6 Å². The van der Waals surface area contributed by atoms with Gasteiger partial charge in [-0.2, -0.15) is 0 Å². The molecular formula is C27H30F2N6O2. The summed E-state index contributed by atoms with van der Waals surface area (Å²) in [6.07, 6.45) is 1.65. The molecule has 8 nitrogen and oxygen atoms in total. The van der Waals surface area contributed by atoms with E-state index in [0.717, 1.165) is 55.6 Å². The van der Waals surface area contributed by atoms with E-state index in [2.05, 4.69) is 38.1 Å². The summed E-state index contributed by atoms with van der Waals surface area (Å²) in [5.74, 6) is -1.28. The summed E-state index contributed by atoms with van der Waals surface area (Å²) < 4.78 is 39.3. The number of aromatic nitrogens is 2. The second-order valence-corrected chi connectivity index (χ2v) is 8.94. The van der Waals surface area contributed by atoms with E-state index in [0.29, 0.717) is 22.7 Å². The predicted molar refractivity (Wildman–Crippen MR) is 143 cm³/mol. The summed E-state index contributed by atoms with van der Waals surface area (Å²) >= 11 is 0. The van der Waals surface area contributed by atoms with Gasteiger partial charge in [-0.1, -0.05) is 6.92 Å². The number of piperazine rings is 1. The first-order valence-electron chi connectivity index (χ1n) is 12.1. The van der Waals surface area contributed by atoms with Gasteiger partial charge in [-0.15, -0.1) is 0 Å². The minimum atomic E-state index is -0.818. The zero-order valence-corrected chi connectivity index (χ0v) is 21.1. The first-order valence-corrected chi connectivity index (χ1v) is 12.1. The zero-order valence-electron chi connectivity index (χ0n) is 21.1. The van der Waals surface area contributed by atoms with Crippen molar-refractivity contribution >= 4 is 33.8 Å². The molecule has 10 heteroatoms. The van der Waals surface area contributed by atoms with Gasteiger partial charge in [-0.05, 0) is 36.9 Å². The van der Waals surface area contributed by atoms with Gasteiger partial charge in [0.05, 0.1) is 48.6 Å². The fourth-order valence-corrected chi connectivity index (χ4v) is 4.78. The number of benzene rings is 2. The number of nitrogens with zero attached hydrogens (tertiary/aromatic N) is 3. The van der Waals surface area contributed by atoms with Gasteiger partial charge < -0.3 is 35.3 Å². The summed E-state index contributed by atoms with van der Waals surface area (Å²) in [6.45, 7) is 7.28. The molecule has 0 spiro atoms. The van der Waals surface area contributed by atoms with Crippen LogP contribution in [0.5, 0.6) is 11.5 Å². The Morgan fingerprint density at radius 3 is 2.32 bits per heavy atom. The molecule has 1 aliphatic rings. The van der Waals surface area contributed by atoms with Gasteiger partial charge in [0, 0.05) is 43.3 Å². The highest BCUT2D eigenvalue weighted by molar-refractivity contribution is 5.90. The van der Waals surface area contributed by atoms with Crippen LogP contribution in [0.25, 0.3) is 22.2 Å². The quantitative estimate of drug-likeness (QED) is 0.303. The van der Waals surface area contributed by atoms with E-state index in [4.69, 9.17) is 15.2 Å². The molecule has 3 heterocycles. The Hall–Kier alpha value is -4.05. The van der Waals surface area contributed by atoms with Crippen LogP contribution in [-0.2, 0) is 0 Å². The molecule has 2 aromatic carbocycles. The van der Waals surface area contributed by atoms with Gasteiger partial charge in [-0.25, -0.2) is 13.8 Å². The highest BCUT2D eigenvalue weighted by Gasteiger charge is 2.23. The Balaban J connectivity index is 1.41. The van der Waals surface area contributed by atoms with Crippen molar-refractivity contribution in [3.8, 4) is 22.8 Å². The maximum Gasteiger partial charge on any atom is 0.168 e. The smallest absolute Gasteiger partial charge is 0.168 e. The standard InChI is InChI=1S/C27H30F2N6O2/c1-4-34-7-9-35(10-8-34)17-5-6-21(20(30)13-17)33-24-12-16-11-22(32-23(16)15-31-24)25-26(36-2)18(28)14-19(29)27(25)37-3/h5-6,11-15,32H,4,7-10,30H2,1-3H3,(H,31,33). The number of hydrogen-bond donors (Lipinski definition) is 3. The van der Waals surface area contributed by atoms with Gasteiger partial charge in [0.1, 0.15) is 5.82 Å². The van der Waals surface area contributed by atoms with E-state index in [1.807, 2.05) is 18.2 Å². The number of H-pyrrole nitrogens is 1. The summed E-state index contributed by atoms with van der Waals surface area (Å²) in [5.41, 5.74) is 10.1. The van der Waals surface area contributed by atoms with Crippen LogP contribution in [0.2, 0.25) is 0 Å². The van der Waals surface area contributed by atoms with Crippen LogP contribution in [0.3, 0.4) is 0 Å². The predicted octanol–water partition coefficient (Wildman–Crippen LogP) is 4.99. The SMILES string of the molecule is CCN1CCN(c2ccc(Nc3cc4cc(-c5c(OC)c(F)cc(F)c5OC)[nH]c4cn3)c(N)c2)CC1. The fourth-order valence-electron chi connectivity index (χ4n) is 4.78. The normalized spacial score (nSPS) is 14.2. The van der Waals surface area contributed by atoms with Crippen molar-refractivity contribution in [1.29, 1.82) is 0 Å². The van der Waals surface area contributed by atoms with Crippen molar-refractivity contribution in [3.05, 3.63) is 54.2 Å². The lowest BCUT2D eigenvalue weighted by Gasteiger charge is -2.35. The highest BCUT2D eigenvalue weighted by Crippen LogP contribution is 2.42. The second kappa shape index (κ2) is 10.1. The molecule has 0 amide bonds. The summed E-state index contributed by atoms with van der Waals surface area (Å²) in [6, 6.07) is 10.3. The number of nitrogens with one attached hydrogen (secondary N) is 2. The number of ether oxygens (including phenoxy) is 2. The number of pyridine rings is 1. The summed E-state index contributed by atoms with van der Waals surface area (Å²) in [5, 5.41) is 4.06. The molecule has 0 bridgehead atoms. The number of anilines is 4. The van der Waals surface area contributed by atoms with Crippen LogP contribution in [-0.4, -0.2) is 61.8 Å². The number of methoxy groups -OCH3 is 2. The lowest BCUT2D eigenvalue weighted by Crippen LogP contribution is -2.46. The molecule has 0 unspecified atom stereocenters. The number of halogens is 2. The molecule has 5 rings (SSSR count). The number of aromatic amines is 1. The molecule has 1 saturated heterocycles. The van der Waals surface area contributed by atoms with Crippen molar-refractivity contribution in [3.63, 3.8) is 0 Å². The third kappa shape index (κ3) is 4.72. The Morgan fingerprint density at radius 2 is 1.70 bits per heavy atom. The molecule has 4 aromatic rings. The average Bonchev–Trinajstić information content (AvgIpc) is 3.32. The third-order valence-corrected chi connectivity index (χ3v) is 6.81.